The number of hydrogen-bond acceptors (Lipinski definition) is 1. The Balaban J connectivity index is 2.01. The number of carbonyl (C=O) groups is 1. The number of carbonyl (C=O) groups excluding carboxylic acids is 1. The Labute approximate surface area is 124 Å². The molecule has 0 saturated heterocycles. The van der Waals surface area contributed by atoms with Gasteiger partial charge in [0.15, 0.2) is 0 Å². The molecule has 0 saturated carbocycles. The summed E-state index contributed by atoms with van der Waals surface area (Å²) in [6.07, 6.45) is 3.43. The Morgan fingerprint density at radius 2 is 2.00 bits per heavy atom. The van der Waals surface area contributed by atoms with Gasteiger partial charge in [0.1, 0.15) is 5.82 Å². The molecule has 1 unspecified atom stereocenters. The summed E-state index contributed by atoms with van der Waals surface area (Å²) in [7, 11) is 0. The summed E-state index contributed by atoms with van der Waals surface area (Å²) in [6, 6.07) is 10.4. The highest BCUT2D eigenvalue weighted by molar-refractivity contribution is 5.77. The van der Waals surface area contributed by atoms with Crippen LogP contribution in [0.3, 0.4) is 0 Å². The van der Waals surface area contributed by atoms with E-state index in [1.165, 1.54) is 12.1 Å². The van der Waals surface area contributed by atoms with Gasteiger partial charge in [0.2, 0.25) is 5.91 Å². The minimum absolute atomic E-state index is 0.117. The molecular weight excluding hydrogens is 267 g/mol. The topological polar surface area (TPSA) is 25.2 Å². The van der Waals surface area contributed by atoms with E-state index in [2.05, 4.69) is 4.57 Å². The molecule has 0 radical (unpaired) electrons. The summed E-state index contributed by atoms with van der Waals surface area (Å²) in [6.45, 7) is 3.52. The van der Waals surface area contributed by atoms with E-state index in [0.29, 0.717) is 13.0 Å². The van der Waals surface area contributed by atoms with Crippen LogP contribution in [0.5, 0.6) is 0 Å². The predicted octanol–water partition coefficient (Wildman–Crippen LogP) is 3.36. The zero-order valence-corrected chi connectivity index (χ0v) is 12.1. The van der Waals surface area contributed by atoms with Crippen LogP contribution in [0.4, 0.5) is 4.39 Å². The molecule has 110 valence electrons. The van der Waals surface area contributed by atoms with Gasteiger partial charge in [0.25, 0.3) is 0 Å². The van der Waals surface area contributed by atoms with Gasteiger partial charge >= 0.3 is 0 Å². The van der Waals surface area contributed by atoms with Gasteiger partial charge in [-0.3, -0.25) is 4.79 Å². The summed E-state index contributed by atoms with van der Waals surface area (Å²) >= 11 is 0. The first-order valence-electron chi connectivity index (χ1n) is 7.40. The maximum atomic E-state index is 13.2. The molecule has 0 N–H and O–H groups in total. The van der Waals surface area contributed by atoms with E-state index >= 15 is 0 Å². The van der Waals surface area contributed by atoms with Crippen LogP contribution in [-0.4, -0.2) is 21.9 Å². The Morgan fingerprint density at radius 3 is 2.71 bits per heavy atom. The summed E-state index contributed by atoms with van der Waals surface area (Å²) in [5.74, 6) is -0.0874. The van der Waals surface area contributed by atoms with Gasteiger partial charge in [-0.25, -0.2) is 4.39 Å². The zero-order chi connectivity index (χ0) is 14.8. The van der Waals surface area contributed by atoms with E-state index in [1.807, 2.05) is 30.2 Å². The van der Waals surface area contributed by atoms with Crippen LogP contribution in [0.15, 0.2) is 42.6 Å². The van der Waals surface area contributed by atoms with Crippen molar-refractivity contribution in [2.24, 2.45) is 0 Å². The van der Waals surface area contributed by atoms with Gasteiger partial charge in [-0.1, -0.05) is 19.1 Å². The van der Waals surface area contributed by atoms with Crippen molar-refractivity contribution in [1.29, 1.82) is 0 Å². The van der Waals surface area contributed by atoms with Crippen LogP contribution < -0.4 is 0 Å². The van der Waals surface area contributed by atoms with Crippen molar-refractivity contribution in [3.63, 3.8) is 0 Å². The van der Waals surface area contributed by atoms with E-state index in [1.54, 1.807) is 12.1 Å². The lowest BCUT2D eigenvalue weighted by Gasteiger charge is -2.37. The van der Waals surface area contributed by atoms with Crippen molar-refractivity contribution >= 4 is 5.91 Å². The van der Waals surface area contributed by atoms with Crippen molar-refractivity contribution in [2.45, 2.75) is 32.4 Å². The fourth-order valence-corrected chi connectivity index (χ4v) is 3.01. The first-order chi connectivity index (χ1) is 10.2. The third kappa shape index (κ3) is 2.58. The highest BCUT2D eigenvalue weighted by atomic mass is 19.1. The zero-order valence-electron chi connectivity index (χ0n) is 12.1. The highest BCUT2D eigenvalue weighted by Gasteiger charge is 2.31. The van der Waals surface area contributed by atoms with E-state index in [-0.39, 0.29) is 17.8 Å². The average Bonchev–Trinajstić information content (AvgIpc) is 2.96. The van der Waals surface area contributed by atoms with E-state index in [0.717, 1.165) is 24.2 Å². The second-order valence-electron chi connectivity index (χ2n) is 5.42. The summed E-state index contributed by atoms with van der Waals surface area (Å²) in [5, 5.41) is 0. The lowest BCUT2D eigenvalue weighted by Crippen LogP contribution is -2.42. The van der Waals surface area contributed by atoms with Crippen LogP contribution in [0.25, 0.3) is 0 Å². The second kappa shape index (κ2) is 5.72. The van der Waals surface area contributed by atoms with Crippen molar-refractivity contribution in [3.8, 4) is 0 Å². The van der Waals surface area contributed by atoms with E-state index in [4.69, 9.17) is 0 Å². The number of fused-ring (bicyclic) bond motifs is 1. The van der Waals surface area contributed by atoms with Crippen molar-refractivity contribution in [2.75, 3.05) is 6.54 Å². The lowest BCUT2D eigenvalue weighted by atomic mass is 9.99. The van der Waals surface area contributed by atoms with Gasteiger partial charge in [-0.15, -0.1) is 0 Å². The maximum Gasteiger partial charge on any atom is 0.223 e. The normalized spacial score (nSPS) is 17.6. The molecule has 1 aromatic heterocycles. The summed E-state index contributed by atoms with van der Waals surface area (Å²) in [4.78, 5) is 14.3. The largest absolute Gasteiger partial charge is 0.348 e. The van der Waals surface area contributed by atoms with E-state index < -0.39 is 0 Å². The maximum absolute atomic E-state index is 13.2. The summed E-state index contributed by atoms with van der Waals surface area (Å²) in [5.41, 5.74) is 2.05. The van der Waals surface area contributed by atoms with Crippen molar-refractivity contribution in [3.05, 3.63) is 59.7 Å². The molecule has 0 bridgehead atoms. The third-order valence-electron chi connectivity index (χ3n) is 4.01. The Hall–Kier alpha value is -2.10. The standard InChI is InChI=1S/C17H19FN2O/c1-2-4-16(21)20-12-11-19-10-3-5-15(19)17(20)13-6-8-14(18)9-7-13/h3,5-10,17H,2,4,11-12H2,1H3. The van der Waals surface area contributed by atoms with Gasteiger partial charge < -0.3 is 9.47 Å². The molecule has 4 heteroatoms. The minimum Gasteiger partial charge on any atom is -0.348 e. The molecular formula is C17H19FN2O. The molecule has 0 aliphatic carbocycles. The van der Waals surface area contributed by atoms with Crippen LogP contribution in [0, 0.1) is 5.82 Å². The number of nitrogens with zero attached hydrogens (tertiary/aromatic N) is 2. The molecule has 1 amide bonds. The van der Waals surface area contributed by atoms with Crippen LogP contribution in [-0.2, 0) is 11.3 Å². The quantitative estimate of drug-likeness (QED) is 0.849. The first-order valence-corrected chi connectivity index (χ1v) is 7.40. The molecule has 1 aromatic carbocycles. The smallest absolute Gasteiger partial charge is 0.223 e. The molecule has 2 aromatic rings. The van der Waals surface area contributed by atoms with Crippen LogP contribution >= 0.6 is 0 Å². The number of halogens is 1. The van der Waals surface area contributed by atoms with Gasteiger partial charge in [0.05, 0.1) is 6.04 Å². The Bertz CT molecular complexity index is 632. The number of aromatic nitrogens is 1. The molecule has 1 aliphatic heterocycles. The van der Waals surface area contributed by atoms with Gasteiger partial charge in [0, 0.05) is 31.4 Å². The summed E-state index contributed by atoms with van der Waals surface area (Å²) < 4.78 is 15.4. The molecule has 0 fully saturated rings. The highest BCUT2D eigenvalue weighted by Crippen LogP contribution is 2.33. The molecule has 2 heterocycles. The Morgan fingerprint density at radius 1 is 1.24 bits per heavy atom. The lowest BCUT2D eigenvalue weighted by molar-refractivity contribution is -0.133. The number of rotatable bonds is 3. The van der Waals surface area contributed by atoms with Crippen LogP contribution in [0.1, 0.15) is 37.1 Å². The van der Waals surface area contributed by atoms with Crippen LogP contribution in [0.2, 0.25) is 0 Å². The Kier molecular flexibility index (Phi) is 3.78. The molecule has 3 rings (SSSR count). The predicted molar refractivity (Wildman–Crippen MR) is 79.3 cm³/mol. The number of benzene rings is 1. The van der Waals surface area contributed by atoms with Gasteiger partial charge in [-0.05, 0) is 36.2 Å². The fourth-order valence-electron chi connectivity index (χ4n) is 3.01. The molecule has 0 spiro atoms. The van der Waals surface area contributed by atoms with Crippen molar-refractivity contribution < 1.29 is 9.18 Å². The van der Waals surface area contributed by atoms with Crippen molar-refractivity contribution in [1.82, 2.24) is 9.47 Å². The average molecular weight is 286 g/mol. The number of amides is 1. The monoisotopic (exact) mass is 286 g/mol. The number of hydrogen-bond donors (Lipinski definition) is 0. The van der Waals surface area contributed by atoms with Gasteiger partial charge in [-0.2, -0.15) is 0 Å². The first kappa shape index (κ1) is 13.9. The second-order valence-corrected chi connectivity index (χ2v) is 5.42. The third-order valence-corrected chi connectivity index (χ3v) is 4.01. The molecule has 21 heavy (non-hydrogen) atoms. The SMILES string of the molecule is CCCC(=O)N1CCn2cccc2C1c1ccc(F)cc1. The molecule has 1 aliphatic rings. The van der Waals surface area contributed by atoms with E-state index in [9.17, 15) is 9.18 Å². The minimum atomic E-state index is -0.253. The molecule has 3 nitrogen and oxygen atoms in total. The fraction of sp³-hybridized carbons (Fsp3) is 0.353. The molecule has 1 atom stereocenters.